The number of anilines is 1. The number of aliphatic hydroxyl groups is 1. The molecule has 1 aromatic carbocycles. The van der Waals surface area contributed by atoms with Gasteiger partial charge in [-0.1, -0.05) is 6.92 Å². The highest BCUT2D eigenvalue weighted by molar-refractivity contribution is 5.94. The smallest absolute Gasteiger partial charge is 0.253 e. The van der Waals surface area contributed by atoms with Crippen LogP contribution in [0.2, 0.25) is 0 Å². The first-order valence-corrected chi connectivity index (χ1v) is 7.34. The van der Waals surface area contributed by atoms with E-state index in [-0.39, 0.29) is 17.9 Å². The molecule has 21 heavy (non-hydrogen) atoms. The van der Waals surface area contributed by atoms with Crippen molar-refractivity contribution in [2.24, 2.45) is 5.41 Å². The number of rotatable bonds is 5. The number of piperidine rings is 1. The molecule has 1 fully saturated rings. The first kappa shape index (κ1) is 15.5. The van der Waals surface area contributed by atoms with Crippen molar-refractivity contribution in [2.45, 2.75) is 26.2 Å². The molecule has 0 aromatic heterocycles. The van der Waals surface area contributed by atoms with Crippen molar-refractivity contribution in [3.8, 4) is 0 Å². The zero-order valence-electron chi connectivity index (χ0n) is 12.3. The maximum atomic E-state index is 12.4. The van der Waals surface area contributed by atoms with Crippen molar-refractivity contribution >= 4 is 18.0 Å². The van der Waals surface area contributed by atoms with E-state index >= 15 is 0 Å². The van der Waals surface area contributed by atoms with E-state index in [0.717, 1.165) is 19.3 Å². The van der Waals surface area contributed by atoms with Gasteiger partial charge >= 0.3 is 0 Å². The van der Waals surface area contributed by atoms with E-state index in [9.17, 15) is 14.7 Å². The van der Waals surface area contributed by atoms with Crippen LogP contribution in [0.5, 0.6) is 0 Å². The van der Waals surface area contributed by atoms with Crippen LogP contribution in [-0.2, 0) is 4.79 Å². The first-order chi connectivity index (χ1) is 10.1. The van der Waals surface area contributed by atoms with Gasteiger partial charge in [0.05, 0.1) is 0 Å². The van der Waals surface area contributed by atoms with Crippen molar-refractivity contribution in [1.29, 1.82) is 0 Å². The Morgan fingerprint density at radius 3 is 2.43 bits per heavy atom. The summed E-state index contributed by atoms with van der Waals surface area (Å²) in [4.78, 5) is 24.6. The van der Waals surface area contributed by atoms with Crippen molar-refractivity contribution in [2.75, 3.05) is 25.0 Å². The number of hydrogen-bond donors (Lipinski definition) is 2. The third-order valence-corrected chi connectivity index (χ3v) is 4.55. The Bertz CT molecular complexity index is 485. The number of aliphatic hydroxyl groups excluding tert-OH is 1. The molecule has 1 heterocycles. The maximum Gasteiger partial charge on any atom is 0.253 e. The van der Waals surface area contributed by atoms with Crippen LogP contribution in [-0.4, -0.2) is 42.0 Å². The van der Waals surface area contributed by atoms with Crippen molar-refractivity contribution < 1.29 is 14.7 Å². The van der Waals surface area contributed by atoms with Crippen LogP contribution < -0.4 is 5.32 Å². The summed E-state index contributed by atoms with van der Waals surface area (Å²) in [6.45, 7) is 3.65. The minimum Gasteiger partial charge on any atom is -0.396 e. The van der Waals surface area contributed by atoms with Gasteiger partial charge in [-0.05, 0) is 48.9 Å². The summed E-state index contributed by atoms with van der Waals surface area (Å²) in [7, 11) is 0. The predicted molar refractivity (Wildman–Crippen MR) is 81.1 cm³/mol. The van der Waals surface area contributed by atoms with E-state index in [1.165, 1.54) is 0 Å². The van der Waals surface area contributed by atoms with Crippen LogP contribution in [0.25, 0.3) is 0 Å². The van der Waals surface area contributed by atoms with E-state index in [2.05, 4.69) is 12.2 Å². The van der Waals surface area contributed by atoms with E-state index in [1.54, 1.807) is 24.3 Å². The van der Waals surface area contributed by atoms with Gasteiger partial charge in [0.1, 0.15) is 0 Å². The Hall–Kier alpha value is -1.88. The van der Waals surface area contributed by atoms with Gasteiger partial charge in [-0.3, -0.25) is 9.59 Å². The fourth-order valence-electron chi connectivity index (χ4n) is 2.77. The van der Waals surface area contributed by atoms with Gasteiger partial charge in [-0.15, -0.1) is 0 Å². The minimum absolute atomic E-state index is 0.00953. The molecule has 5 heteroatoms. The number of hydrogen-bond acceptors (Lipinski definition) is 3. The average molecular weight is 290 g/mol. The SMILES string of the molecule is CCC1(CO)CCN(C(=O)c2ccc(NC=O)cc2)CC1. The molecule has 0 bridgehead atoms. The molecular formula is C16H22N2O3. The quantitative estimate of drug-likeness (QED) is 0.813. The molecule has 2 rings (SSSR count). The summed E-state index contributed by atoms with van der Waals surface area (Å²) in [5.41, 5.74) is 1.28. The summed E-state index contributed by atoms with van der Waals surface area (Å²) < 4.78 is 0. The van der Waals surface area contributed by atoms with E-state index in [4.69, 9.17) is 0 Å². The second kappa shape index (κ2) is 6.72. The standard InChI is InChI=1S/C16H22N2O3/c1-2-16(11-19)7-9-18(10-8-16)15(21)13-3-5-14(6-4-13)17-12-20/h3-6,12,19H,2,7-11H2,1H3,(H,17,20). The third kappa shape index (κ3) is 3.42. The number of nitrogens with one attached hydrogen (secondary N) is 1. The zero-order chi connectivity index (χ0) is 15.3. The fourth-order valence-corrected chi connectivity index (χ4v) is 2.77. The lowest BCUT2D eigenvalue weighted by Crippen LogP contribution is -2.44. The van der Waals surface area contributed by atoms with Gasteiger partial charge < -0.3 is 15.3 Å². The lowest BCUT2D eigenvalue weighted by Gasteiger charge is -2.40. The summed E-state index contributed by atoms with van der Waals surface area (Å²) in [5.74, 6) is 0.00953. The molecule has 2 N–H and O–H groups in total. The largest absolute Gasteiger partial charge is 0.396 e. The summed E-state index contributed by atoms with van der Waals surface area (Å²) in [6.07, 6.45) is 3.24. The molecule has 1 aliphatic rings. The molecule has 1 aliphatic heterocycles. The monoisotopic (exact) mass is 290 g/mol. The van der Waals surface area contributed by atoms with Crippen LogP contribution in [0, 0.1) is 5.41 Å². The number of benzene rings is 1. The first-order valence-electron chi connectivity index (χ1n) is 7.34. The second-order valence-electron chi connectivity index (χ2n) is 5.64. The molecule has 1 saturated heterocycles. The van der Waals surface area contributed by atoms with E-state index < -0.39 is 0 Å². The lowest BCUT2D eigenvalue weighted by atomic mass is 9.77. The van der Waals surface area contributed by atoms with Crippen LogP contribution in [0.3, 0.4) is 0 Å². The highest BCUT2D eigenvalue weighted by Gasteiger charge is 2.34. The highest BCUT2D eigenvalue weighted by atomic mass is 16.3. The normalized spacial score (nSPS) is 17.3. The highest BCUT2D eigenvalue weighted by Crippen LogP contribution is 2.34. The van der Waals surface area contributed by atoms with Crippen molar-refractivity contribution in [3.63, 3.8) is 0 Å². The number of amides is 2. The molecule has 5 nitrogen and oxygen atoms in total. The molecule has 0 atom stereocenters. The Kier molecular flexibility index (Phi) is 4.96. The topological polar surface area (TPSA) is 69.6 Å². The maximum absolute atomic E-state index is 12.4. The van der Waals surface area contributed by atoms with Gasteiger partial charge in [0.2, 0.25) is 6.41 Å². The molecule has 0 unspecified atom stereocenters. The number of carbonyl (C=O) groups is 2. The average Bonchev–Trinajstić information content (AvgIpc) is 2.55. The summed E-state index contributed by atoms with van der Waals surface area (Å²) in [6, 6.07) is 6.88. The molecule has 114 valence electrons. The Morgan fingerprint density at radius 1 is 1.33 bits per heavy atom. The van der Waals surface area contributed by atoms with Gasteiger partial charge in [0, 0.05) is 30.9 Å². The predicted octanol–water partition coefficient (Wildman–Crippen LogP) is 1.88. The Labute approximate surface area is 125 Å². The van der Waals surface area contributed by atoms with Crippen molar-refractivity contribution in [3.05, 3.63) is 29.8 Å². The molecule has 0 saturated carbocycles. The van der Waals surface area contributed by atoms with E-state index in [1.807, 2.05) is 4.90 Å². The third-order valence-electron chi connectivity index (χ3n) is 4.55. The van der Waals surface area contributed by atoms with Gasteiger partial charge in [0.25, 0.3) is 5.91 Å². The number of nitrogens with zero attached hydrogens (tertiary/aromatic N) is 1. The summed E-state index contributed by atoms with van der Waals surface area (Å²) in [5, 5.41) is 12.1. The molecule has 0 spiro atoms. The zero-order valence-corrected chi connectivity index (χ0v) is 12.3. The Balaban J connectivity index is 2.00. The molecular weight excluding hydrogens is 268 g/mol. The van der Waals surface area contributed by atoms with Gasteiger partial charge in [0.15, 0.2) is 0 Å². The molecule has 0 radical (unpaired) electrons. The summed E-state index contributed by atoms with van der Waals surface area (Å²) >= 11 is 0. The Morgan fingerprint density at radius 2 is 1.95 bits per heavy atom. The molecule has 0 aliphatic carbocycles. The fraction of sp³-hybridized carbons (Fsp3) is 0.500. The second-order valence-corrected chi connectivity index (χ2v) is 5.64. The van der Waals surface area contributed by atoms with Gasteiger partial charge in [-0.2, -0.15) is 0 Å². The molecule has 1 aromatic rings. The lowest BCUT2D eigenvalue weighted by molar-refractivity contribution is -0.105. The number of likely N-dealkylation sites (tertiary alicyclic amines) is 1. The minimum atomic E-state index is -0.0193. The van der Waals surface area contributed by atoms with Crippen LogP contribution >= 0.6 is 0 Å². The van der Waals surface area contributed by atoms with E-state index in [0.29, 0.717) is 30.8 Å². The van der Waals surface area contributed by atoms with Gasteiger partial charge in [-0.25, -0.2) is 0 Å². The molecule has 2 amide bonds. The van der Waals surface area contributed by atoms with Crippen LogP contribution in [0.1, 0.15) is 36.5 Å². The van der Waals surface area contributed by atoms with Crippen LogP contribution in [0.4, 0.5) is 5.69 Å². The van der Waals surface area contributed by atoms with Crippen molar-refractivity contribution in [1.82, 2.24) is 4.90 Å². The van der Waals surface area contributed by atoms with Crippen LogP contribution in [0.15, 0.2) is 24.3 Å². The number of carbonyl (C=O) groups excluding carboxylic acids is 2.